The van der Waals surface area contributed by atoms with Crippen LogP contribution in [0.25, 0.3) is 21.9 Å². The second-order valence-corrected chi connectivity index (χ2v) is 5.40. The van der Waals surface area contributed by atoms with E-state index in [0.29, 0.717) is 12.1 Å². The first-order valence-electron chi connectivity index (χ1n) is 7.65. The Kier molecular flexibility index (Phi) is 4.19. The Labute approximate surface area is 130 Å². The zero-order valence-corrected chi connectivity index (χ0v) is 12.7. The van der Waals surface area contributed by atoms with Gasteiger partial charge in [-0.2, -0.15) is 0 Å². The second kappa shape index (κ2) is 6.44. The molecule has 0 fully saturated rings. The number of amides is 1. The monoisotopic (exact) mass is 289 g/mol. The summed E-state index contributed by atoms with van der Waals surface area (Å²) in [5, 5.41) is 5.35. The van der Waals surface area contributed by atoms with Gasteiger partial charge < -0.3 is 5.32 Å². The van der Waals surface area contributed by atoms with Crippen LogP contribution in [-0.2, 0) is 0 Å². The highest BCUT2D eigenvalue weighted by molar-refractivity contribution is 5.96. The van der Waals surface area contributed by atoms with Crippen LogP contribution in [0.1, 0.15) is 23.7 Å². The van der Waals surface area contributed by atoms with Gasteiger partial charge >= 0.3 is 0 Å². The van der Waals surface area contributed by atoms with Gasteiger partial charge in [-0.05, 0) is 46.5 Å². The highest BCUT2D eigenvalue weighted by Gasteiger charge is 2.06. The van der Waals surface area contributed by atoms with E-state index in [1.807, 2.05) is 43.3 Å². The van der Waals surface area contributed by atoms with Gasteiger partial charge in [-0.25, -0.2) is 0 Å². The van der Waals surface area contributed by atoms with Crippen LogP contribution in [0.15, 0.2) is 66.7 Å². The van der Waals surface area contributed by atoms with Crippen molar-refractivity contribution in [2.45, 2.75) is 13.3 Å². The maximum absolute atomic E-state index is 12.1. The number of benzene rings is 3. The molecule has 0 aliphatic heterocycles. The van der Waals surface area contributed by atoms with Crippen LogP contribution in [0.2, 0.25) is 0 Å². The van der Waals surface area contributed by atoms with E-state index < -0.39 is 0 Å². The molecule has 3 aromatic rings. The Morgan fingerprint density at radius 2 is 1.64 bits per heavy atom. The lowest BCUT2D eigenvalue weighted by Crippen LogP contribution is -2.23. The molecule has 0 saturated heterocycles. The summed E-state index contributed by atoms with van der Waals surface area (Å²) in [6, 6.07) is 22.5. The summed E-state index contributed by atoms with van der Waals surface area (Å²) in [5.74, 6) is -0.00973. The van der Waals surface area contributed by atoms with E-state index in [4.69, 9.17) is 0 Å². The minimum absolute atomic E-state index is 0.00973. The van der Waals surface area contributed by atoms with Crippen LogP contribution >= 0.6 is 0 Å². The largest absolute Gasteiger partial charge is 0.352 e. The van der Waals surface area contributed by atoms with Gasteiger partial charge in [0.15, 0.2) is 0 Å². The van der Waals surface area contributed by atoms with Crippen molar-refractivity contribution in [3.05, 3.63) is 72.3 Å². The van der Waals surface area contributed by atoms with Crippen LogP contribution < -0.4 is 5.32 Å². The van der Waals surface area contributed by atoms with Gasteiger partial charge in [-0.3, -0.25) is 4.79 Å². The van der Waals surface area contributed by atoms with Crippen LogP contribution in [0.5, 0.6) is 0 Å². The van der Waals surface area contributed by atoms with Gasteiger partial charge in [-0.15, -0.1) is 0 Å². The third-order valence-electron chi connectivity index (χ3n) is 3.74. The topological polar surface area (TPSA) is 29.1 Å². The van der Waals surface area contributed by atoms with Crippen LogP contribution in [-0.4, -0.2) is 12.5 Å². The smallest absolute Gasteiger partial charge is 0.251 e. The predicted molar refractivity (Wildman–Crippen MR) is 92.0 cm³/mol. The summed E-state index contributed by atoms with van der Waals surface area (Å²) < 4.78 is 0. The molecule has 3 aromatic carbocycles. The van der Waals surface area contributed by atoms with E-state index in [0.717, 1.165) is 17.5 Å². The zero-order chi connectivity index (χ0) is 15.4. The first-order valence-corrected chi connectivity index (χ1v) is 7.65. The maximum Gasteiger partial charge on any atom is 0.251 e. The number of carbonyl (C=O) groups excluding carboxylic acids is 1. The van der Waals surface area contributed by atoms with Crippen molar-refractivity contribution < 1.29 is 4.79 Å². The molecule has 110 valence electrons. The second-order valence-electron chi connectivity index (χ2n) is 5.40. The van der Waals surface area contributed by atoms with Crippen molar-refractivity contribution in [3.63, 3.8) is 0 Å². The Morgan fingerprint density at radius 1 is 0.864 bits per heavy atom. The van der Waals surface area contributed by atoms with Crippen molar-refractivity contribution in [1.82, 2.24) is 5.32 Å². The molecule has 22 heavy (non-hydrogen) atoms. The summed E-state index contributed by atoms with van der Waals surface area (Å²) in [4.78, 5) is 12.1. The van der Waals surface area contributed by atoms with Gasteiger partial charge in [0.2, 0.25) is 0 Å². The number of hydrogen-bond acceptors (Lipinski definition) is 1. The molecule has 0 atom stereocenters. The molecular formula is C20H19NO. The Morgan fingerprint density at radius 3 is 2.45 bits per heavy atom. The van der Waals surface area contributed by atoms with Crippen molar-refractivity contribution >= 4 is 16.7 Å². The molecule has 0 aliphatic carbocycles. The first kappa shape index (κ1) is 14.3. The standard InChI is InChI=1S/C20H19NO/c1-2-12-21-20(22)19-9-5-8-17(14-19)18-11-10-15-6-3-4-7-16(15)13-18/h3-11,13-14H,2,12H2,1H3,(H,21,22). The summed E-state index contributed by atoms with van der Waals surface area (Å²) in [5.41, 5.74) is 2.90. The van der Waals surface area contributed by atoms with Crippen molar-refractivity contribution in [2.24, 2.45) is 0 Å². The highest BCUT2D eigenvalue weighted by atomic mass is 16.1. The molecule has 1 N–H and O–H groups in total. The van der Waals surface area contributed by atoms with Crippen LogP contribution in [0.4, 0.5) is 0 Å². The van der Waals surface area contributed by atoms with Crippen LogP contribution in [0.3, 0.4) is 0 Å². The fourth-order valence-electron chi connectivity index (χ4n) is 2.55. The van der Waals surface area contributed by atoms with Crippen LogP contribution in [0, 0.1) is 0 Å². The average molecular weight is 289 g/mol. The Balaban J connectivity index is 1.94. The van der Waals surface area contributed by atoms with Crippen molar-refractivity contribution in [3.8, 4) is 11.1 Å². The summed E-state index contributed by atoms with van der Waals surface area (Å²) >= 11 is 0. The third kappa shape index (κ3) is 3.01. The summed E-state index contributed by atoms with van der Waals surface area (Å²) in [6.07, 6.45) is 0.941. The number of fused-ring (bicyclic) bond motifs is 1. The van der Waals surface area contributed by atoms with Crippen molar-refractivity contribution in [2.75, 3.05) is 6.54 Å². The normalized spacial score (nSPS) is 10.6. The minimum Gasteiger partial charge on any atom is -0.352 e. The molecule has 3 rings (SSSR count). The van der Waals surface area contributed by atoms with E-state index in [-0.39, 0.29) is 5.91 Å². The summed E-state index contributed by atoms with van der Waals surface area (Å²) in [6.45, 7) is 2.75. The quantitative estimate of drug-likeness (QED) is 0.744. The zero-order valence-electron chi connectivity index (χ0n) is 12.7. The average Bonchev–Trinajstić information content (AvgIpc) is 2.59. The fraction of sp³-hybridized carbons (Fsp3) is 0.150. The molecule has 1 amide bonds. The molecule has 0 radical (unpaired) electrons. The molecule has 2 heteroatoms. The lowest BCUT2D eigenvalue weighted by atomic mass is 9.99. The molecule has 0 heterocycles. The third-order valence-corrected chi connectivity index (χ3v) is 3.74. The molecule has 0 aromatic heterocycles. The van der Waals surface area contributed by atoms with E-state index in [1.54, 1.807) is 0 Å². The van der Waals surface area contributed by atoms with Gasteiger partial charge in [0.1, 0.15) is 0 Å². The molecule has 2 nitrogen and oxygen atoms in total. The van der Waals surface area contributed by atoms with E-state index in [9.17, 15) is 4.79 Å². The number of rotatable bonds is 4. The lowest BCUT2D eigenvalue weighted by Gasteiger charge is -2.07. The minimum atomic E-state index is -0.00973. The lowest BCUT2D eigenvalue weighted by molar-refractivity contribution is 0.0953. The number of nitrogens with one attached hydrogen (secondary N) is 1. The van der Waals surface area contributed by atoms with Gasteiger partial charge in [0.25, 0.3) is 5.91 Å². The van der Waals surface area contributed by atoms with E-state index in [2.05, 4.69) is 35.6 Å². The number of hydrogen-bond donors (Lipinski definition) is 1. The molecule has 0 unspecified atom stereocenters. The Hall–Kier alpha value is -2.61. The molecular weight excluding hydrogens is 270 g/mol. The van der Waals surface area contributed by atoms with Crippen molar-refractivity contribution in [1.29, 1.82) is 0 Å². The molecule has 0 aliphatic rings. The van der Waals surface area contributed by atoms with Gasteiger partial charge in [0, 0.05) is 12.1 Å². The SMILES string of the molecule is CCCNC(=O)c1cccc(-c2ccc3ccccc3c2)c1. The van der Waals surface area contributed by atoms with Gasteiger partial charge in [-0.1, -0.05) is 55.5 Å². The molecule has 0 saturated carbocycles. The molecule has 0 bridgehead atoms. The fourth-order valence-corrected chi connectivity index (χ4v) is 2.55. The number of carbonyl (C=O) groups is 1. The summed E-state index contributed by atoms with van der Waals surface area (Å²) in [7, 11) is 0. The van der Waals surface area contributed by atoms with E-state index in [1.165, 1.54) is 10.8 Å². The maximum atomic E-state index is 12.1. The molecule has 0 spiro atoms. The Bertz CT molecular complexity index is 807. The predicted octanol–water partition coefficient (Wildman–Crippen LogP) is 4.65. The van der Waals surface area contributed by atoms with E-state index >= 15 is 0 Å². The first-order chi connectivity index (χ1) is 10.8. The van der Waals surface area contributed by atoms with Gasteiger partial charge in [0.05, 0.1) is 0 Å². The highest BCUT2D eigenvalue weighted by Crippen LogP contribution is 2.25.